The minimum Gasteiger partial charge on any atom is -0.351 e. The van der Waals surface area contributed by atoms with Crippen LogP contribution < -0.4 is 5.32 Å². The Kier molecular flexibility index (Phi) is 5.78. The number of carbonyl (C=O) groups excluding carboxylic acids is 1. The number of rotatable bonds is 6. The minimum atomic E-state index is -0.298. The van der Waals surface area contributed by atoms with E-state index in [0.717, 1.165) is 27.4 Å². The van der Waals surface area contributed by atoms with E-state index in [0.29, 0.717) is 11.6 Å². The van der Waals surface area contributed by atoms with E-state index in [1.807, 2.05) is 30.3 Å². The van der Waals surface area contributed by atoms with E-state index in [9.17, 15) is 9.18 Å². The van der Waals surface area contributed by atoms with E-state index in [1.165, 1.54) is 23.9 Å². The van der Waals surface area contributed by atoms with Crippen LogP contribution in [0.3, 0.4) is 0 Å². The van der Waals surface area contributed by atoms with Crippen molar-refractivity contribution in [1.82, 2.24) is 19.9 Å². The van der Waals surface area contributed by atoms with E-state index >= 15 is 0 Å². The average molecular weight is 427 g/mol. The zero-order chi connectivity index (χ0) is 20.2. The molecule has 1 N–H and O–H groups in total. The van der Waals surface area contributed by atoms with Crippen molar-refractivity contribution >= 4 is 34.8 Å². The first kappa shape index (κ1) is 19.4. The molecule has 0 atom stereocenters. The van der Waals surface area contributed by atoms with Crippen LogP contribution in [-0.2, 0) is 11.3 Å². The van der Waals surface area contributed by atoms with Crippen LogP contribution in [0, 0.1) is 5.82 Å². The number of halogens is 2. The van der Waals surface area contributed by atoms with Gasteiger partial charge in [0, 0.05) is 29.5 Å². The molecule has 0 aliphatic heterocycles. The predicted octanol–water partition coefficient (Wildman–Crippen LogP) is 4.60. The molecular formula is C21H16ClFN4OS. The Balaban J connectivity index is 1.43. The molecule has 0 bridgehead atoms. The van der Waals surface area contributed by atoms with Crippen molar-refractivity contribution in [3.8, 4) is 11.3 Å². The summed E-state index contributed by atoms with van der Waals surface area (Å²) in [5.41, 5.74) is 3.42. The van der Waals surface area contributed by atoms with Crippen LogP contribution in [0.15, 0.2) is 72.0 Å². The fourth-order valence-corrected chi connectivity index (χ4v) is 3.69. The Morgan fingerprint density at radius 2 is 1.90 bits per heavy atom. The van der Waals surface area contributed by atoms with Crippen LogP contribution in [0.25, 0.3) is 16.8 Å². The second-order valence-electron chi connectivity index (χ2n) is 6.29. The topological polar surface area (TPSA) is 59.3 Å². The highest BCUT2D eigenvalue weighted by atomic mass is 35.5. The normalized spacial score (nSPS) is 11.0. The van der Waals surface area contributed by atoms with Gasteiger partial charge in [-0.15, -0.1) is 0 Å². The van der Waals surface area contributed by atoms with Crippen LogP contribution in [-0.4, -0.2) is 26.3 Å². The number of benzene rings is 2. The number of thioether (sulfide) groups is 1. The van der Waals surface area contributed by atoms with Gasteiger partial charge in [0.2, 0.25) is 5.91 Å². The van der Waals surface area contributed by atoms with Crippen molar-refractivity contribution in [2.75, 3.05) is 5.75 Å². The molecule has 1 amide bonds. The first-order chi connectivity index (χ1) is 14.1. The Bertz CT molecular complexity index is 1150. The number of fused-ring (bicyclic) bond motifs is 1. The molecule has 8 heteroatoms. The zero-order valence-corrected chi connectivity index (χ0v) is 16.8. The summed E-state index contributed by atoms with van der Waals surface area (Å²) in [6, 6.07) is 15.4. The van der Waals surface area contributed by atoms with Gasteiger partial charge in [0.15, 0.2) is 0 Å². The maximum atomic E-state index is 12.9. The van der Waals surface area contributed by atoms with Crippen molar-refractivity contribution < 1.29 is 9.18 Å². The molecule has 2 heterocycles. The molecular weight excluding hydrogens is 411 g/mol. The van der Waals surface area contributed by atoms with E-state index in [-0.39, 0.29) is 17.5 Å². The van der Waals surface area contributed by atoms with Crippen LogP contribution >= 0.6 is 23.4 Å². The summed E-state index contributed by atoms with van der Waals surface area (Å²) >= 11 is 7.29. The molecule has 2 aromatic carbocycles. The molecule has 4 aromatic rings. The maximum absolute atomic E-state index is 12.9. The number of nitrogens with one attached hydrogen (secondary N) is 1. The highest BCUT2D eigenvalue weighted by Gasteiger charge is 2.11. The smallest absolute Gasteiger partial charge is 0.230 e. The molecule has 0 unspecified atom stereocenters. The van der Waals surface area contributed by atoms with E-state index in [1.54, 1.807) is 29.0 Å². The molecule has 0 spiro atoms. The van der Waals surface area contributed by atoms with Gasteiger partial charge in [0.05, 0.1) is 17.0 Å². The van der Waals surface area contributed by atoms with Crippen LogP contribution in [0.2, 0.25) is 5.02 Å². The van der Waals surface area contributed by atoms with Gasteiger partial charge in [-0.3, -0.25) is 4.79 Å². The molecule has 29 heavy (non-hydrogen) atoms. The second kappa shape index (κ2) is 8.63. The van der Waals surface area contributed by atoms with Crippen molar-refractivity contribution in [3.05, 3.63) is 83.4 Å². The summed E-state index contributed by atoms with van der Waals surface area (Å²) in [5.74, 6) is -0.205. The SMILES string of the molecule is O=C(CSc1nccn2nc(-c3ccc(Cl)cc3)cc12)NCc1ccc(F)cc1. The molecule has 2 aromatic heterocycles. The number of carbonyl (C=O) groups is 1. The standard InChI is InChI=1S/C21H16ClFN4OS/c22-16-5-3-15(4-6-16)18-11-19-21(24-9-10-27(19)26-18)29-13-20(28)25-12-14-1-7-17(23)8-2-14/h1-11H,12-13H2,(H,25,28). The van der Waals surface area contributed by atoms with Crippen LogP contribution in [0.5, 0.6) is 0 Å². The number of nitrogens with zero attached hydrogens (tertiary/aromatic N) is 3. The quantitative estimate of drug-likeness (QED) is 0.458. The lowest BCUT2D eigenvalue weighted by Gasteiger charge is -2.06. The van der Waals surface area contributed by atoms with Crippen LogP contribution in [0.1, 0.15) is 5.56 Å². The number of aromatic nitrogens is 3. The summed E-state index contributed by atoms with van der Waals surface area (Å²) in [4.78, 5) is 16.6. The monoisotopic (exact) mass is 426 g/mol. The van der Waals surface area contributed by atoms with Gasteiger partial charge in [-0.05, 0) is 35.9 Å². The van der Waals surface area contributed by atoms with Crippen LogP contribution in [0.4, 0.5) is 4.39 Å². The summed E-state index contributed by atoms with van der Waals surface area (Å²) in [6.45, 7) is 0.352. The highest BCUT2D eigenvalue weighted by Crippen LogP contribution is 2.26. The lowest BCUT2D eigenvalue weighted by Crippen LogP contribution is -2.24. The van der Waals surface area contributed by atoms with E-state index < -0.39 is 0 Å². The fraction of sp³-hybridized carbons (Fsp3) is 0.0952. The van der Waals surface area contributed by atoms with Gasteiger partial charge in [-0.25, -0.2) is 13.9 Å². The summed E-state index contributed by atoms with van der Waals surface area (Å²) in [6.07, 6.45) is 3.43. The number of hydrogen-bond acceptors (Lipinski definition) is 4. The molecule has 0 aliphatic rings. The molecule has 0 radical (unpaired) electrons. The van der Waals surface area contributed by atoms with Crippen molar-refractivity contribution in [2.45, 2.75) is 11.6 Å². The lowest BCUT2D eigenvalue weighted by molar-refractivity contribution is -0.118. The summed E-state index contributed by atoms with van der Waals surface area (Å²) in [5, 5.41) is 8.79. The first-order valence-electron chi connectivity index (χ1n) is 8.83. The Morgan fingerprint density at radius 3 is 2.66 bits per heavy atom. The largest absolute Gasteiger partial charge is 0.351 e. The number of amides is 1. The molecule has 146 valence electrons. The van der Waals surface area contributed by atoms with Gasteiger partial charge in [-0.1, -0.05) is 47.6 Å². The fourth-order valence-electron chi connectivity index (χ4n) is 2.76. The lowest BCUT2D eigenvalue weighted by atomic mass is 10.1. The minimum absolute atomic E-state index is 0.124. The zero-order valence-electron chi connectivity index (χ0n) is 15.2. The van der Waals surface area contributed by atoms with Gasteiger partial charge in [0.1, 0.15) is 10.8 Å². The van der Waals surface area contributed by atoms with Gasteiger partial charge in [-0.2, -0.15) is 5.10 Å². The predicted molar refractivity (Wildman–Crippen MR) is 112 cm³/mol. The summed E-state index contributed by atoms with van der Waals surface area (Å²) < 4.78 is 14.7. The number of hydrogen-bond donors (Lipinski definition) is 1. The molecule has 0 fully saturated rings. The molecule has 0 saturated carbocycles. The van der Waals surface area contributed by atoms with E-state index in [4.69, 9.17) is 11.6 Å². The molecule has 5 nitrogen and oxygen atoms in total. The van der Waals surface area contributed by atoms with Crippen molar-refractivity contribution in [2.24, 2.45) is 0 Å². The summed E-state index contributed by atoms with van der Waals surface area (Å²) in [7, 11) is 0. The van der Waals surface area contributed by atoms with Crippen molar-refractivity contribution in [1.29, 1.82) is 0 Å². The highest BCUT2D eigenvalue weighted by molar-refractivity contribution is 8.00. The van der Waals surface area contributed by atoms with Crippen molar-refractivity contribution in [3.63, 3.8) is 0 Å². The average Bonchev–Trinajstić information content (AvgIpc) is 3.17. The second-order valence-corrected chi connectivity index (χ2v) is 7.69. The Hall–Kier alpha value is -2.90. The first-order valence-corrected chi connectivity index (χ1v) is 10.2. The molecule has 0 saturated heterocycles. The van der Waals surface area contributed by atoms with Gasteiger partial charge >= 0.3 is 0 Å². The third kappa shape index (κ3) is 4.75. The van der Waals surface area contributed by atoms with Gasteiger partial charge in [0.25, 0.3) is 0 Å². The Morgan fingerprint density at radius 1 is 1.14 bits per heavy atom. The molecule has 4 rings (SSSR count). The van der Waals surface area contributed by atoms with Gasteiger partial charge < -0.3 is 5.32 Å². The third-order valence-corrected chi connectivity index (χ3v) is 5.48. The third-order valence-electron chi connectivity index (χ3n) is 4.24. The maximum Gasteiger partial charge on any atom is 0.230 e. The van der Waals surface area contributed by atoms with E-state index in [2.05, 4.69) is 15.4 Å². The molecule has 0 aliphatic carbocycles. The Labute approximate surface area is 175 Å².